The molecule has 0 radical (unpaired) electrons. The second-order valence-electron chi connectivity index (χ2n) is 6.49. The van der Waals surface area contributed by atoms with Crippen LogP contribution in [0, 0.1) is 6.92 Å². The molecule has 2 heterocycles. The molecule has 152 valence electrons. The van der Waals surface area contributed by atoms with Crippen molar-refractivity contribution in [1.82, 2.24) is 19.7 Å². The predicted octanol–water partition coefficient (Wildman–Crippen LogP) is 4.52. The molecule has 1 amide bonds. The van der Waals surface area contributed by atoms with Crippen LogP contribution in [0.3, 0.4) is 0 Å². The van der Waals surface area contributed by atoms with E-state index < -0.39 is 0 Å². The van der Waals surface area contributed by atoms with Gasteiger partial charge in [0.05, 0.1) is 35.2 Å². The number of hydrogen-bond acceptors (Lipinski definition) is 6. The van der Waals surface area contributed by atoms with E-state index in [1.807, 2.05) is 31.2 Å². The number of nitrogens with one attached hydrogen (secondary N) is 1. The van der Waals surface area contributed by atoms with Gasteiger partial charge < -0.3 is 10.1 Å². The van der Waals surface area contributed by atoms with Gasteiger partial charge in [-0.3, -0.25) is 4.79 Å². The first-order valence-electron chi connectivity index (χ1n) is 9.07. The van der Waals surface area contributed by atoms with Crippen LogP contribution in [0.4, 0.5) is 5.69 Å². The maximum atomic E-state index is 12.4. The SMILES string of the molecule is COc1ccc(NC(=O)CSc2ncnc3c2cnn3-c2ccc(C)cc2)cc1Cl. The molecule has 0 bridgehead atoms. The Morgan fingerprint density at radius 3 is 2.73 bits per heavy atom. The number of thioether (sulfide) groups is 1. The van der Waals surface area contributed by atoms with Crippen LogP contribution in [-0.4, -0.2) is 38.5 Å². The summed E-state index contributed by atoms with van der Waals surface area (Å²) < 4.78 is 6.88. The third-order valence-corrected chi connectivity index (χ3v) is 5.68. The summed E-state index contributed by atoms with van der Waals surface area (Å²) in [5, 5.41) is 9.20. The summed E-state index contributed by atoms with van der Waals surface area (Å²) in [6.07, 6.45) is 3.21. The Kier molecular flexibility index (Phi) is 5.87. The van der Waals surface area contributed by atoms with Gasteiger partial charge in [-0.1, -0.05) is 41.1 Å². The molecule has 0 aliphatic heterocycles. The number of methoxy groups -OCH3 is 1. The molecule has 0 spiro atoms. The van der Waals surface area contributed by atoms with Crippen molar-refractivity contribution in [2.24, 2.45) is 0 Å². The summed E-state index contributed by atoms with van der Waals surface area (Å²) in [4.78, 5) is 21.1. The summed E-state index contributed by atoms with van der Waals surface area (Å²) in [5.41, 5.74) is 3.38. The Morgan fingerprint density at radius 2 is 2.00 bits per heavy atom. The molecule has 1 N–H and O–H groups in total. The molecule has 9 heteroatoms. The fourth-order valence-electron chi connectivity index (χ4n) is 2.89. The topological polar surface area (TPSA) is 81.9 Å². The van der Waals surface area contributed by atoms with Gasteiger partial charge in [0.2, 0.25) is 5.91 Å². The summed E-state index contributed by atoms with van der Waals surface area (Å²) in [6.45, 7) is 2.03. The highest BCUT2D eigenvalue weighted by molar-refractivity contribution is 8.00. The number of fused-ring (bicyclic) bond motifs is 1. The average molecular weight is 440 g/mol. The van der Waals surface area contributed by atoms with Crippen LogP contribution in [0.2, 0.25) is 5.02 Å². The molecule has 7 nitrogen and oxygen atoms in total. The van der Waals surface area contributed by atoms with E-state index in [0.717, 1.165) is 11.1 Å². The molecule has 2 aromatic carbocycles. The van der Waals surface area contributed by atoms with Crippen molar-refractivity contribution in [3.63, 3.8) is 0 Å². The standard InChI is InChI=1S/C21H18ClN5O2S/c1-13-3-6-15(7-4-13)27-20-16(10-25-27)21(24-12-23-20)30-11-19(28)26-14-5-8-18(29-2)17(22)9-14/h3-10,12H,11H2,1-2H3,(H,26,28). The van der Waals surface area contributed by atoms with E-state index in [0.29, 0.717) is 27.1 Å². The lowest BCUT2D eigenvalue weighted by Crippen LogP contribution is -2.14. The van der Waals surface area contributed by atoms with Crippen LogP contribution in [0.5, 0.6) is 5.75 Å². The van der Waals surface area contributed by atoms with Crippen molar-refractivity contribution >= 4 is 46.0 Å². The Balaban J connectivity index is 1.48. The van der Waals surface area contributed by atoms with E-state index in [1.54, 1.807) is 36.2 Å². The van der Waals surface area contributed by atoms with Crippen molar-refractivity contribution in [3.05, 3.63) is 65.6 Å². The quantitative estimate of drug-likeness (QED) is 0.351. The summed E-state index contributed by atoms with van der Waals surface area (Å²) in [7, 11) is 1.54. The number of aromatic nitrogens is 4. The van der Waals surface area contributed by atoms with E-state index in [-0.39, 0.29) is 11.7 Å². The molecule has 30 heavy (non-hydrogen) atoms. The number of nitrogens with zero attached hydrogens (tertiary/aromatic N) is 4. The van der Waals surface area contributed by atoms with Gasteiger partial charge in [-0.25, -0.2) is 14.6 Å². The summed E-state index contributed by atoms with van der Waals surface area (Å²) in [5.74, 6) is 0.572. The highest BCUT2D eigenvalue weighted by atomic mass is 35.5. The first-order valence-corrected chi connectivity index (χ1v) is 10.4. The van der Waals surface area contributed by atoms with Crippen molar-refractivity contribution in [2.45, 2.75) is 11.9 Å². The van der Waals surface area contributed by atoms with Crippen molar-refractivity contribution in [2.75, 3.05) is 18.2 Å². The number of carbonyl (C=O) groups is 1. The first kappa shape index (κ1) is 20.2. The van der Waals surface area contributed by atoms with E-state index in [2.05, 4.69) is 20.4 Å². The van der Waals surface area contributed by atoms with Crippen LogP contribution in [0.1, 0.15) is 5.56 Å². The largest absolute Gasteiger partial charge is 0.495 e. The fourth-order valence-corrected chi connectivity index (χ4v) is 3.91. The van der Waals surface area contributed by atoms with Gasteiger partial charge in [0, 0.05) is 5.69 Å². The zero-order valence-electron chi connectivity index (χ0n) is 16.3. The first-order chi connectivity index (χ1) is 14.5. The van der Waals surface area contributed by atoms with Crippen LogP contribution < -0.4 is 10.1 Å². The molecule has 0 unspecified atom stereocenters. The van der Waals surface area contributed by atoms with Gasteiger partial charge in [-0.05, 0) is 37.3 Å². The Hall–Kier alpha value is -3.10. The molecule has 0 fully saturated rings. The van der Waals surface area contributed by atoms with Gasteiger partial charge >= 0.3 is 0 Å². The van der Waals surface area contributed by atoms with Gasteiger partial charge in [0.25, 0.3) is 0 Å². The van der Waals surface area contributed by atoms with Gasteiger partial charge in [0.1, 0.15) is 17.1 Å². The summed E-state index contributed by atoms with van der Waals surface area (Å²) in [6, 6.07) is 13.1. The molecule has 0 aliphatic rings. The molecule has 0 atom stereocenters. The number of halogens is 1. The lowest BCUT2D eigenvalue weighted by Gasteiger charge is -2.08. The van der Waals surface area contributed by atoms with E-state index in [9.17, 15) is 4.79 Å². The molecular weight excluding hydrogens is 422 g/mol. The Labute approximate surface area is 182 Å². The Morgan fingerprint density at radius 1 is 1.20 bits per heavy atom. The van der Waals surface area contributed by atoms with E-state index in [1.165, 1.54) is 23.7 Å². The monoisotopic (exact) mass is 439 g/mol. The van der Waals surface area contributed by atoms with Crippen LogP contribution in [-0.2, 0) is 4.79 Å². The van der Waals surface area contributed by atoms with Crippen LogP contribution >= 0.6 is 23.4 Å². The van der Waals surface area contributed by atoms with Crippen LogP contribution in [0.15, 0.2) is 60.0 Å². The number of rotatable bonds is 6. The smallest absolute Gasteiger partial charge is 0.234 e. The third kappa shape index (κ3) is 4.24. The van der Waals surface area contributed by atoms with Crippen molar-refractivity contribution in [3.8, 4) is 11.4 Å². The number of anilines is 1. The number of benzene rings is 2. The normalized spacial score (nSPS) is 10.9. The molecule has 0 aliphatic carbocycles. The zero-order chi connectivity index (χ0) is 21.1. The number of carbonyl (C=O) groups excluding carboxylic acids is 1. The van der Waals surface area contributed by atoms with Crippen molar-refractivity contribution in [1.29, 1.82) is 0 Å². The van der Waals surface area contributed by atoms with Crippen LogP contribution in [0.25, 0.3) is 16.7 Å². The number of hydrogen-bond donors (Lipinski definition) is 1. The number of aryl methyl sites for hydroxylation is 1. The van der Waals surface area contributed by atoms with Gasteiger partial charge in [-0.2, -0.15) is 5.10 Å². The average Bonchev–Trinajstić information content (AvgIpc) is 3.18. The highest BCUT2D eigenvalue weighted by Gasteiger charge is 2.13. The molecular formula is C21H18ClN5O2S. The molecule has 0 saturated heterocycles. The lowest BCUT2D eigenvalue weighted by molar-refractivity contribution is -0.113. The minimum atomic E-state index is -0.168. The summed E-state index contributed by atoms with van der Waals surface area (Å²) >= 11 is 7.43. The fraction of sp³-hybridized carbons (Fsp3) is 0.143. The maximum Gasteiger partial charge on any atom is 0.234 e. The molecule has 2 aromatic heterocycles. The number of amides is 1. The van der Waals surface area contributed by atoms with E-state index in [4.69, 9.17) is 16.3 Å². The zero-order valence-corrected chi connectivity index (χ0v) is 17.9. The molecule has 0 saturated carbocycles. The van der Waals surface area contributed by atoms with Gasteiger partial charge in [-0.15, -0.1) is 0 Å². The van der Waals surface area contributed by atoms with Gasteiger partial charge in [0.15, 0.2) is 5.65 Å². The second kappa shape index (κ2) is 8.73. The predicted molar refractivity (Wildman–Crippen MR) is 119 cm³/mol. The number of ether oxygens (including phenoxy) is 1. The Bertz CT molecular complexity index is 1210. The highest BCUT2D eigenvalue weighted by Crippen LogP contribution is 2.28. The third-order valence-electron chi connectivity index (χ3n) is 4.38. The maximum absolute atomic E-state index is 12.4. The van der Waals surface area contributed by atoms with Crippen molar-refractivity contribution < 1.29 is 9.53 Å². The minimum absolute atomic E-state index is 0.168. The van der Waals surface area contributed by atoms with E-state index >= 15 is 0 Å². The second-order valence-corrected chi connectivity index (χ2v) is 7.87. The molecule has 4 rings (SSSR count). The molecule has 4 aromatic rings. The minimum Gasteiger partial charge on any atom is -0.495 e. The lowest BCUT2D eigenvalue weighted by atomic mass is 10.2.